The second-order valence-corrected chi connectivity index (χ2v) is 19.7. The van der Waals surface area contributed by atoms with Gasteiger partial charge in [0.25, 0.3) is 0 Å². The summed E-state index contributed by atoms with van der Waals surface area (Å²) in [5, 5.41) is 0. The van der Waals surface area contributed by atoms with Gasteiger partial charge in [-0.2, -0.15) is 0 Å². The molecule has 0 atom stereocenters. The van der Waals surface area contributed by atoms with Crippen LogP contribution in [0.2, 0.25) is 0 Å². The Labute approximate surface area is 349 Å². The zero-order chi connectivity index (χ0) is 42.2. The van der Waals surface area contributed by atoms with Crippen molar-refractivity contribution >= 4 is 34.1 Å². The lowest BCUT2D eigenvalue weighted by atomic mass is 9.87. The Morgan fingerprint density at radius 3 is 0.828 bits per heavy atom. The van der Waals surface area contributed by atoms with Crippen LogP contribution in [-0.2, 0) is 10.8 Å². The van der Waals surface area contributed by atoms with Gasteiger partial charge >= 0.3 is 0 Å². The Bertz CT molecular complexity index is 2140. The number of hydrogen-bond donors (Lipinski definition) is 0. The summed E-state index contributed by atoms with van der Waals surface area (Å²) < 4.78 is 12.4. The van der Waals surface area contributed by atoms with Crippen molar-refractivity contribution in [3.63, 3.8) is 0 Å². The Morgan fingerprint density at radius 2 is 0.586 bits per heavy atom. The monoisotopic (exact) mass is 772 g/mol. The van der Waals surface area contributed by atoms with Crippen molar-refractivity contribution in [3.8, 4) is 22.6 Å². The van der Waals surface area contributed by atoms with Gasteiger partial charge in [0.05, 0.1) is 0 Å². The molecule has 4 nitrogen and oxygen atoms in total. The molecule has 0 fully saturated rings. The third kappa shape index (κ3) is 10.1. The Morgan fingerprint density at radius 1 is 0.328 bits per heavy atom. The van der Waals surface area contributed by atoms with Crippen molar-refractivity contribution in [3.05, 3.63) is 156 Å². The molecule has 0 saturated carbocycles. The SMILES string of the molecule is Cc1cc(N(c2ccc(OC(C)(C)C)cc2)c2ccc(C(C)(C)C)cc2)ccc1-c1ccc(N(c2ccc(OC(C)(C)C)cc2)c2ccc(C(C)(C)C)cc2)cc1C. The highest BCUT2D eigenvalue weighted by Gasteiger charge is 2.21. The van der Waals surface area contributed by atoms with Gasteiger partial charge in [-0.3, -0.25) is 0 Å². The average Bonchev–Trinajstić information content (AvgIpc) is 3.12. The molecule has 0 radical (unpaired) electrons. The van der Waals surface area contributed by atoms with E-state index in [0.29, 0.717) is 0 Å². The predicted molar refractivity (Wildman–Crippen MR) is 249 cm³/mol. The third-order valence-electron chi connectivity index (χ3n) is 10.2. The summed E-state index contributed by atoms with van der Waals surface area (Å²) in [6, 6.07) is 48.5. The van der Waals surface area contributed by atoms with Crippen LogP contribution in [0.5, 0.6) is 11.5 Å². The van der Waals surface area contributed by atoms with Crippen LogP contribution in [0, 0.1) is 13.8 Å². The first kappa shape index (κ1) is 42.1. The molecule has 6 aromatic carbocycles. The molecule has 6 rings (SSSR count). The van der Waals surface area contributed by atoms with Gasteiger partial charge < -0.3 is 19.3 Å². The molecule has 0 saturated heterocycles. The van der Waals surface area contributed by atoms with E-state index in [1.165, 1.54) is 33.4 Å². The maximum absolute atomic E-state index is 6.18. The standard InChI is InChI=1S/C54H64N2O2/c1-37-35-45(55(41-19-15-39(16-20-41)51(3,4)5)43-23-29-47(30-24-43)57-53(9,10)11)27-33-49(37)50-34-28-46(36-38(50)2)56(42-21-17-40(18-22-42)52(6,7)8)44-25-31-48(32-26-44)58-54(12,13)14/h15-36H,1-14H3. The molecular weight excluding hydrogens is 709 g/mol. The molecule has 0 aliphatic rings. The van der Waals surface area contributed by atoms with E-state index in [9.17, 15) is 0 Å². The van der Waals surface area contributed by atoms with Crippen LogP contribution in [0.25, 0.3) is 11.1 Å². The van der Waals surface area contributed by atoms with Crippen molar-refractivity contribution < 1.29 is 9.47 Å². The van der Waals surface area contributed by atoms with Gasteiger partial charge in [0.15, 0.2) is 0 Å². The molecule has 0 spiro atoms. The van der Waals surface area contributed by atoms with Gasteiger partial charge in [-0.05, 0) is 197 Å². The van der Waals surface area contributed by atoms with Gasteiger partial charge in [-0.15, -0.1) is 0 Å². The lowest BCUT2D eigenvalue weighted by molar-refractivity contribution is 0.130. The van der Waals surface area contributed by atoms with Crippen molar-refractivity contribution in [2.75, 3.05) is 9.80 Å². The van der Waals surface area contributed by atoms with Crippen LogP contribution in [0.15, 0.2) is 133 Å². The van der Waals surface area contributed by atoms with Gasteiger partial charge in [0.2, 0.25) is 0 Å². The van der Waals surface area contributed by atoms with Crippen LogP contribution >= 0.6 is 0 Å². The smallest absolute Gasteiger partial charge is 0.120 e. The van der Waals surface area contributed by atoms with Crippen LogP contribution in [0.4, 0.5) is 34.1 Å². The Balaban J connectivity index is 1.37. The van der Waals surface area contributed by atoms with Crippen LogP contribution in [0.3, 0.4) is 0 Å². The van der Waals surface area contributed by atoms with E-state index in [2.05, 4.69) is 240 Å². The number of hydrogen-bond acceptors (Lipinski definition) is 4. The van der Waals surface area contributed by atoms with E-state index in [-0.39, 0.29) is 22.0 Å². The zero-order valence-electron chi connectivity index (χ0n) is 37.4. The minimum atomic E-state index is -0.268. The molecule has 0 amide bonds. The predicted octanol–water partition coefficient (Wildman–Crippen LogP) is 15.9. The summed E-state index contributed by atoms with van der Waals surface area (Å²) in [5.41, 5.74) is 13.7. The number of benzene rings is 6. The summed E-state index contributed by atoms with van der Waals surface area (Å²) in [6.07, 6.45) is 0. The van der Waals surface area contributed by atoms with Crippen molar-refractivity contribution in [1.82, 2.24) is 0 Å². The number of nitrogens with zero attached hydrogens (tertiary/aromatic N) is 2. The molecule has 0 N–H and O–H groups in total. The number of rotatable bonds is 9. The highest BCUT2D eigenvalue weighted by molar-refractivity contribution is 5.83. The second kappa shape index (κ2) is 16.0. The van der Waals surface area contributed by atoms with Gasteiger partial charge in [0, 0.05) is 34.1 Å². The summed E-state index contributed by atoms with van der Waals surface area (Å²) >= 11 is 0. The fraction of sp³-hybridized carbons (Fsp3) is 0.333. The van der Waals surface area contributed by atoms with Gasteiger partial charge in [0.1, 0.15) is 22.7 Å². The first-order valence-corrected chi connectivity index (χ1v) is 20.7. The molecule has 0 heterocycles. The average molecular weight is 773 g/mol. The molecular formula is C54H64N2O2. The lowest BCUT2D eigenvalue weighted by Gasteiger charge is -2.29. The Kier molecular flexibility index (Phi) is 11.7. The molecule has 58 heavy (non-hydrogen) atoms. The van der Waals surface area contributed by atoms with Gasteiger partial charge in [-0.1, -0.05) is 77.9 Å². The summed E-state index contributed by atoms with van der Waals surface area (Å²) in [6.45, 7) is 30.4. The van der Waals surface area contributed by atoms with Crippen LogP contribution in [0.1, 0.15) is 105 Å². The summed E-state index contributed by atoms with van der Waals surface area (Å²) in [5.74, 6) is 1.72. The minimum absolute atomic E-state index is 0.0700. The molecule has 0 bridgehead atoms. The number of anilines is 6. The molecule has 0 aliphatic carbocycles. The van der Waals surface area contributed by atoms with E-state index in [1.54, 1.807) is 0 Å². The molecule has 302 valence electrons. The fourth-order valence-corrected chi connectivity index (χ4v) is 7.33. The maximum atomic E-state index is 6.18. The fourth-order valence-electron chi connectivity index (χ4n) is 7.33. The minimum Gasteiger partial charge on any atom is -0.488 e. The molecule has 0 aliphatic heterocycles. The quantitative estimate of drug-likeness (QED) is 0.146. The number of aryl methyl sites for hydroxylation is 2. The topological polar surface area (TPSA) is 24.9 Å². The highest BCUT2D eigenvalue weighted by atomic mass is 16.5. The molecule has 0 aromatic heterocycles. The van der Waals surface area contributed by atoms with E-state index in [1.807, 2.05) is 0 Å². The normalized spacial score (nSPS) is 12.3. The Hall–Kier alpha value is -5.48. The number of ether oxygens (including phenoxy) is 2. The van der Waals surface area contributed by atoms with E-state index in [4.69, 9.17) is 9.47 Å². The van der Waals surface area contributed by atoms with Crippen molar-refractivity contribution in [1.29, 1.82) is 0 Å². The summed E-state index contributed by atoms with van der Waals surface area (Å²) in [7, 11) is 0. The lowest BCUT2D eigenvalue weighted by Crippen LogP contribution is -2.22. The molecule has 4 heteroatoms. The molecule has 6 aromatic rings. The van der Waals surface area contributed by atoms with Crippen molar-refractivity contribution in [2.45, 2.75) is 119 Å². The van der Waals surface area contributed by atoms with E-state index in [0.717, 1.165) is 45.6 Å². The van der Waals surface area contributed by atoms with Gasteiger partial charge in [-0.25, -0.2) is 0 Å². The van der Waals surface area contributed by atoms with Crippen LogP contribution in [-0.4, -0.2) is 11.2 Å². The van der Waals surface area contributed by atoms with E-state index < -0.39 is 0 Å². The van der Waals surface area contributed by atoms with Crippen LogP contribution < -0.4 is 19.3 Å². The highest BCUT2D eigenvalue weighted by Crippen LogP contribution is 2.42. The van der Waals surface area contributed by atoms with Crippen molar-refractivity contribution in [2.24, 2.45) is 0 Å². The molecule has 0 unspecified atom stereocenters. The first-order valence-electron chi connectivity index (χ1n) is 20.7. The third-order valence-corrected chi connectivity index (χ3v) is 10.2. The van der Waals surface area contributed by atoms with E-state index >= 15 is 0 Å². The summed E-state index contributed by atoms with van der Waals surface area (Å²) in [4.78, 5) is 4.67. The maximum Gasteiger partial charge on any atom is 0.120 e. The first-order chi connectivity index (χ1) is 27.1. The second-order valence-electron chi connectivity index (χ2n) is 19.7. The largest absolute Gasteiger partial charge is 0.488 e. The zero-order valence-corrected chi connectivity index (χ0v) is 37.4.